The predicted molar refractivity (Wildman–Crippen MR) is 61.4 cm³/mol. The molecular weight excluding hydrogens is 170 g/mol. The Labute approximate surface area is 88.0 Å². The van der Waals surface area contributed by atoms with Crippen molar-refractivity contribution in [3.63, 3.8) is 0 Å². The minimum atomic E-state index is 0.375. The fourth-order valence-corrected chi connectivity index (χ4v) is 3.15. The van der Waals surface area contributed by atoms with Gasteiger partial charge in [-0.3, -0.25) is 0 Å². The maximum atomic E-state index is 3.77. The maximum Gasteiger partial charge on any atom is 0.0417 e. The number of hydrogen-bond donors (Lipinski definition) is 1. The topological polar surface area (TPSA) is 12.0 Å². The fraction of sp³-hybridized carbons (Fsp3) is 0.846. The maximum absolute atomic E-state index is 3.77. The van der Waals surface area contributed by atoms with E-state index in [0.29, 0.717) is 5.54 Å². The second-order valence-corrected chi connectivity index (χ2v) is 5.13. The number of allylic oxidation sites excluding steroid dienone is 1. The monoisotopic (exact) mass is 193 g/mol. The van der Waals surface area contributed by atoms with Gasteiger partial charge in [-0.25, -0.2) is 0 Å². The van der Waals surface area contributed by atoms with Crippen molar-refractivity contribution in [2.45, 2.75) is 57.9 Å². The summed E-state index contributed by atoms with van der Waals surface area (Å²) in [5.74, 6) is 0.745. The van der Waals surface area contributed by atoms with Crippen LogP contribution >= 0.6 is 0 Å². The van der Waals surface area contributed by atoms with Gasteiger partial charge in [0.15, 0.2) is 0 Å². The molecule has 2 rings (SSSR count). The average molecular weight is 193 g/mol. The lowest BCUT2D eigenvalue weighted by atomic mass is 9.74. The first kappa shape index (κ1) is 10.2. The molecule has 1 atom stereocenters. The van der Waals surface area contributed by atoms with Crippen molar-refractivity contribution in [3.8, 4) is 0 Å². The van der Waals surface area contributed by atoms with Gasteiger partial charge < -0.3 is 5.32 Å². The van der Waals surface area contributed by atoms with E-state index in [-0.39, 0.29) is 0 Å². The summed E-state index contributed by atoms with van der Waals surface area (Å²) in [4.78, 5) is 0. The van der Waals surface area contributed by atoms with Gasteiger partial charge in [0, 0.05) is 5.54 Å². The van der Waals surface area contributed by atoms with Gasteiger partial charge in [-0.2, -0.15) is 0 Å². The molecule has 0 aromatic rings. The normalized spacial score (nSPS) is 33.5. The Balaban J connectivity index is 2.21. The van der Waals surface area contributed by atoms with Crippen LogP contribution in [0.25, 0.3) is 0 Å². The summed E-state index contributed by atoms with van der Waals surface area (Å²) in [5.41, 5.74) is 2.09. The van der Waals surface area contributed by atoms with Gasteiger partial charge in [0.05, 0.1) is 0 Å². The zero-order valence-electron chi connectivity index (χ0n) is 9.60. The molecule has 2 aliphatic rings. The van der Waals surface area contributed by atoms with Crippen molar-refractivity contribution >= 4 is 0 Å². The first-order valence-electron chi connectivity index (χ1n) is 6.20. The van der Waals surface area contributed by atoms with Crippen LogP contribution in [0, 0.1) is 5.92 Å². The average Bonchev–Trinajstić information content (AvgIpc) is 2.69. The minimum absolute atomic E-state index is 0.375. The third-order valence-electron chi connectivity index (χ3n) is 4.04. The van der Waals surface area contributed by atoms with Crippen LogP contribution in [0.2, 0.25) is 0 Å². The standard InChI is InChI=1S/C13H23N/c1-11(2)13(9-6-10-14-13)12-7-4-3-5-8-12/h7,11,14H,3-6,8-10H2,1-2H3. The summed E-state index contributed by atoms with van der Waals surface area (Å²) in [6.07, 6.45) is 10.7. The molecule has 1 unspecified atom stereocenters. The molecule has 14 heavy (non-hydrogen) atoms. The van der Waals surface area contributed by atoms with Crippen molar-refractivity contribution in [2.75, 3.05) is 6.54 Å². The van der Waals surface area contributed by atoms with E-state index in [0.717, 1.165) is 5.92 Å². The fourth-order valence-electron chi connectivity index (χ4n) is 3.15. The Hall–Kier alpha value is -0.300. The summed E-state index contributed by atoms with van der Waals surface area (Å²) in [7, 11) is 0. The number of hydrogen-bond acceptors (Lipinski definition) is 1. The molecule has 1 heterocycles. The zero-order chi connectivity index (χ0) is 10.0. The van der Waals surface area contributed by atoms with Gasteiger partial charge in [-0.1, -0.05) is 25.5 Å². The highest BCUT2D eigenvalue weighted by Gasteiger charge is 2.39. The van der Waals surface area contributed by atoms with Gasteiger partial charge in [0.25, 0.3) is 0 Å². The van der Waals surface area contributed by atoms with Gasteiger partial charge in [-0.05, 0) is 51.0 Å². The van der Waals surface area contributed by atoms with Gasteiger partial charge in [0.2, 0.25) is 0 Å². The van der Waals surface area contributed by atoms with E-state index in [1.807, 2.05) is 0 Å². The molecule has 1 fully saturated rings. The Morgan fingerprint density at radius 1 is 1.29 bits per heavy atom. The van der Waals surface area contributed by atoms with Crippen LogP contribution in [0.1, 0.15) is 52.4 Å². The van der Waals surface area contributed by atoms with E-state index in [4.69, 9.17) is 0 Å². The van der Waals surface area contributed by atoms with Crippen molar-refractivity contribution in [2.24, 2.45) is 5.92 Å². The Kier molecular flexibility index (Phi) is 2.96. The molecule has 1 nitrogen and oxygen atoms in total. The molecule has 0 radical (unpaired) electrons. The third-order valence-corrected chi connectivity index (χ3v) is 4.04. The quantitative estimate of drug-likeness (QED) is 0.664. The summed E-state index contributed by atoms with van der Waals surface area (Å²) >= 11 is 0. The summed E-state index contributed by atoms with van der Waals surface area (Å²) < 4.78 is 0. The van der Waals surface area contributed by atoms with Crippen LogP contribution in [0.15, 0.2) is 11.6 Å². The lowest BCUT2D eigenvalue weighted by molar-refractivity contribution is 0.309. The van der Waals surface area contributed by atoms with E-state index in [9.17, 15) is 0 Å². The smallest absolute Gasteiger partial charge is 0.0417 e. The molecule has 0 amide bonds. The molecular formula is C13H23N. The molecule has 1 aliphatic carbocycles. The second-order valence-electron chi connectivity index (χ2n) is 5.13. The minimum Gasteiger partial charge on any atom is -0.307 e. The first-order valence-corrected chi connectivity index (χ1v) is 6.20. The lowest BCUT2D eigenvalue weighted by Gasteiger charge is -2.38. The molecule has 1 saturated heterocycles. The van der Waals surface area contributed by atoms with Crippen LogP contribution in [0.5, 0.6) is 0 Å². The van der Waals surface area contributed by atoms with Gasteiger partial charge >= 0.3 is 0 Å². The highest BCUT2D eigenvalue weighted by molar-refractivity contribution is 5.25. The summed E-state index contributed by atoms with van der Waals surface area (Å²) in [5, 5.41) is 3.77. The van der Waals surface area contributed by atoms with Gasteiger partial charge in [0.1, 0.15) is 0 Å². The molecule has 1 heteroatoms. The SMILES string of the molecule is CC(C)C1(C2=CCCCC2)CCCN1. The highest BCUT2D eigenvalue weighted by atomic mass is 15.0. The Morgan fingerprint density at radius 3 is 2.64 bits per heavy atom. The molecule has 0 spiro atoms. The highest BCUT2D eigenvalue weighted by Crippen LogP contribution is 2.38. The van der Waals surface area contributed by atoms with E-state index in [1.54, 1.807) is 5.57 Å². The van der Waals surface area contributed by atoms with Crippen molar-refractivity contribution in [1.29, 1.82) is 0 Å². The lowest BCUT2D eigenvalue weighted by Crippen LogP contribution is -2.46. The zero-order valence-corrected chi connectivity index (χ0v) is 9.60. The third kappa shape index (κ3) is 1.63. The van der Waals surface area contributed by atoms with Crippen LogP contribution in [0.3, 0.4) is 0 Å². The molecule has 1 N–H and O–H groups in total. The molecule has 0 saturated carbocycles. The Bertz CT molecular complexity index is 221. The Morgan fingerprint density at radius 2 is 2.14 bits per heavy atom. The first-order chi connectivity index (χ1) is 6.76. The number of rotatable bonds is 2. The molecule has 0 bridgehead atoms. The van der Waals surface area contributed by atoms with E-state index >= 15 is 0 Å². The van der Waals surface area contributed by atoms with E-state index in [2.05, 4.69) is 25.2 Å². The van der Waals surface area contributed by atoms with Gasteiger partial charge in [-0.15, -0.1) is 0 Å². The largest absolute Gasteiger partial charge is 0.307 e. The molecule has 80 valence electrons. The summed E-state index contributed by atoms with van der Waals surface area (Å²) in [6.45, 7) is 5.96. The van der Waals surface area contributed by atoms with Crippen LogP contribution in [-0.2, 0) is 0 Å². The van der Waals surface area contributed by atoms with Crippen LogP contribution in [-0.4, -0.2) is 12.1 Å². The molecule has 1 aliphatic heterocycles. The van der Waals surface area contributed by atoms with E-state index in [1.165, 1.54) is 45.1 Å². The van der Waals surface area contributed by atoms with E-state index < -0.39 is 0 Å². The van der Waals surface area contributed by atoms with Crippen LogP contribution in [0.4, 0.5) is 0 Å². The van der Waals surface area contributed by atoms with Crippen LogP contribution < -0.4 is 5.32 Å². The predicted octanol–water partition coefficient (Wildman–Crippen LogP) is 3.27. The molecule has 0 aromatic heterocycles. The second kappa shape index (κ2) is 4.06. The van der Waals surface area contributed by atoms with Crippen molar-refractivity contribution in [1.82, 2.24) is 5.32 Å². The van der Waals surface area contributed by atoms with Crippen molar-refractivity contribution in [3.05, 3.63) is 11.6 Å². The summed E-state index contributed by atoms with van der Waals surface area (Å²) in [6, 6.07) is 0. The molecule has 0 aromatic carbocycles. The van der Waals surface area contributed by atoms with Crippen molar-refractivity contribution < 1.29 is 0 Å². The number of nitrogens with one attached hydrogen (secondary N) is 1.